The number of nitrogens with one attached hydrogen (secondary N) is 1. The van der Waals surface area contributed by atoms with Gasteiger partial charge in [-0.05, 0) is 44.0 Å². The van der Waals surface area contributed by atoms with Crippen LogP contribution in [0.25, 0.3) is 0 Å². The molecule has 0 saturated heterocycles. The molecule has 158 valence electrons. The second-order valence-electron chi connectivity index (χ2n) is 8.73. The molecule has 0 bridgehead atoms. The van der Waals surface area contributed by atoms with E-state index in [0.29, 0.717) is 11.1 Å². The lowest BCUT2D eigenvalue weighted by Gasteiger charge is -2.47. The van der Waals surface area contributed by atoms with Crippen LogP contribution < -0.4 is 0 Å². The second-order valence-corrected chi connectivity index (χ2v) is 8.73. The van der Waals surface area contributed by atoms with Gasteiger partial charge >= 0.3 is 6.09 Å². The molecule has 1 aliphatic heterocycles. The molecule has 1 amide bonds. The molecule has 3 atom stereocenters. The number of ether oxygens (including phenoxy) is 1. The van der Waals surface area contributed by atoms with E-state index in [1.54, 1.807) is 32.9 Å². The maximum Gasteiger partial charge on any atom is 0.410 e. The van der Waals surface area contributed by atoms with E-state index in [4.69, 9.17) is 10.1 Å². The van der Waals surface area contributed by atoms with Crippen molar-refractivity contribution in [1.82, 2.24) is 4.90 Å². The smallest absolute Gasteiger partial charge is 0.410 e. The minimum atomic E-state index is -1.89. The van der Waals surface area contributed by atoms with Crippen LogP contribution in [0.5, 0.6) is 0 Å². The molecule has 3 rings (SSSR count). The third kappa shape index (κ3) is 3.76. The lowest BCUT2D eigenvalue weighted by atomic mass is 9.55. The number of carbonyl (C=O) groups is 1. The van der Waals surface area contributed by atoms with Crippen molar-refractivity contribution in [1.29, 1.82) is 21.2 Å². The highest BCUT2D eigenvalue weighted by molar-refractivity contribution is 6.01. The third-order valence-corrected chi connectivity index (χ3v) is 5.65. The van der Waals surface area contributed by atoms with E-state index in [1.807, 2.05) is 18.2 Å². The predicted octanol–water partition coefficient (Wildman–Crippen LogP) is 3.91. The lowest BCUT2D eigenvalue weighted by Crippen LogP contribution is -2.53. The SMILES string of the molecule is CC(C)(C)OC(=O)N1CC=C2[C@@H](C1)[C@@H](c1cccc(F)c1)[C@@H](C#N)C(=N)C2(C#N)C#N. The zero-order valence-corrected chi connectivity index (χ0v) is 17.5. The molecule has 1 N–H and O–H groups in total. The zero-order chi connectivity index (χ0) is 23.0. The molecule has 2 aliphatic rings. The molecular weight excluding hydrogens is 397 g/mol. The van der Waals surface area contributed by atoms with Crippen molar-refractivity contribution in [3.05, 3.63) is 47.3 Å². The maximum atomic E-state index is 14.0. The molecule has 0 aromatic heterocycles. The average Bonchev–Trinajstić information content (AvgIpc) is 2.71. The van der Waals surface area contributed by atoms with E-state index >= 15 is 0 Å². The Balaban J connectivity index is 2.14. The van der Waals surface area contributed by atoms with E-state index in [0.717, 1.165) is 0 Å². The summed E-state index contributed by atoms with van der Waals surface area (Å²) in [6.45, 7) is 5.42. The first-order chi connectivity index (χ1) is 14.6. The van der Waals surface area contributed by atoms with Crippen LogP contribution in [-0.4, -0.2) is 35.4 Å². The monoisotopic (exact) mass is 419 g/mol. The van der Waals surface area contributed by atoms with Gasteiger partial charge in [0.2, 0.25) is 5.41 Å². The Morgan fingerprint density at radius 2 is 1.97 bits per heavy atom. The standard InChI is InChI=1S/C23H22FN5O2/c1-22(2,3)31-21(30)29-8-7-18-17(11-29)19(14-5-4-6-15(24)9-14)16(10-25)20(28)23(18,12-26)13-27/h4-7,9,16-17,19,28H,8,11H2,1-3H3/t16-,17-,19+/m1/s1. The van der Waals surface area contributed by atoms with Crippen LogP contribution in [0.3, 0.4) is 0 Å². The summed E-state index contributed by atoms with van der Waals surface area (Å²) in [4.78, 5) is 14.1. The van der Waals surface area contributed by atoms with Crippen molar-refractivity contribution < 1.29 is 13.9 Å². The first-order valence-corrected chi connectivity index (χ1v) is 9.83. The van der Waals surface area contributed by atoms with Crippen molar-refractivity contribution in [2.45, 2.75) is 32.3 Å². The van der Waals surface area contributed by atoms with Gasteiger partial charge < -0.3 is 15.0 Å². The van der Waals surface area contributed by atoms with E-state index in [-0.39, 0.29) is 18.8 Å². The quantitative estimate of drug-likeness (QED) is 0.691. The van der Waals surface area contributed by atoms with E-state index in [2.05, 4.69) is 0 Å². The van der Waals surface area contributed by atoms with Gasteiger partial charge in [0.15, 0.2) is 0 Å². The fourth-order valence-electron chi connectivity index (χ4n) is 4.34. The summed E-state index contributed by atoms with van der Waals surface area (Å²) in [6, 6.07) is 11.6. The lowest BCUT2D eigenvalue weighted by molar-refractivity contribution is 0.0223. The molecule has 1 heterocycles. The van der Waals surface area contributed by atoms with E-state index < -0.39 is 40.7 Å². The molecule has 0 unspecified atom stereocenters. The van der Waals surface area contributed by atoms with Gasteiger partial charge in [0.1, 0.15) is 11.4 Å². The van der Waals surface area contributed by atoms with Crippen molar-refractivity contribution in [3.63, 3.8) is 0 Å². The molecule has 0 radical (unpaired) electrons. The van der Waals surface area contributed by atoms with Gasteiger partial charge in [0.05, 0.1) is 29.8 Å². The molecule has 1 aliphatic carbocycles. The predicted molar refractivity (Wildman–Crippen MR) is 109 cm³/mol. The Kier molecular flexibility index (Phi) is 5.57. The molecule has 1 aromatic carbocycles. The Labute approximate surface area is 180 Å². The average molecular weight is 419 g/mol. The number of hydrogen-bond acceptors (Lipinski definition) is 6. The highest BCUT2D eigenvalue weighted by Crippen LogP contribution is 2.52. The number of halogens is 1. The van der Waals surface area contributed by atoms with Gasteiger partial charge in [-0.15, -0.1) is 0 Å². The van der Waals surface area contributed by atoms with Crippen molar-refractivity contribution in [2.75, 3.05) is 13.1 Å². The Morgan fingerprint density at radius 3 is 2.52 bits per heavy atom. The third-order valence-electron chi connectivity index (χ3n) is 5.65. The fourth-order valence-corrected chi connectivity index (χ4v) is 4.34. The minimum Gasteiger partial charge on any atom is -0.444 e. The van der Waals surface area contributed by atoms with Crippen LogP contribution in [0, 0.1) is 62.5 Å². The highest BCUT2D eigenvalue weighted by atomic mass is 19.1. The van der Waals surface area contributed by atoms with Crippen LogP contribution in [0.1, 0.15) is 32.3 Å². The van der Waals surface area contributed by atoms with Crippen LogP contribution >= 0.6 is 0 Å². The summed E-state index contributed by atoms with van der Waals surface area (Å²) >= 11 is 0. The first kappa shape index (κ1) is 22.0. The maximum absolute atomic E-state index is 14.0. The van der Waals surface area contributed by atoms with Gasteiger partial charge in [-0.25, -0.2) is 9.18 Å². The molecule has 1 fully saturated rings. The van der Waals surface area contributed by atoms with Gasteiger partial charge in [0.25, 0.3) is 0 Å². The Hall–Kier alpha value is -3.70. The molecule has 8 heteroatoms. The topological polar surface area (TPSA) is 125 Å². The van der Waals surface area contributed by atoms with Gasteiger partial charge in [0, 0.05) is 24.9 Å². The van der Waals surface area contributed by atoms with E-state index in [9.17, 15) is 25.0 Å². The number of nitriles is 3. The van der Waals surface area contributed by atoms with Gasteiger partial charge in [-0.1, -0.05) is 18.2 Å². The molecule has 7 nitrogen and oxygen atoms in total. The van der Waals surface area contributed by atoms with E-state index in [1.165, 1.54) is 23.1 Å². The minimum absolute atomic E-state index is 0.0818. The van der Waals surface area contributed by atoms with Crippen LogP contribution in [0.2, 0.25) is 0 Å². The first-order valence-electron chi connectivity index (χ1n) is 9.83. The van der Waals surface area contributed by atoms with Crippen molar-refractivity contribution in [2.24, 2.45) is 17.3 Å². The Bertz CT molecular complexity index is 1070. The number of nitrogens with zero attached hydrogens (tertiary/aromatic N) is 4. The highest BCUT2D eigenvalue weighted by Gasteiger charge is 2.57. The number of amides is 1. The summed E-state index contributed by atoms with van der Waals surface area (Å²) in [5.41, 5.74) is -2.07. The largest absolute Gasteiger partial charge is 0.444 e. The number of rotatable bonds is 1. The van der Waals surface area contributed by atoms with Gasteiger partial charge in [-0.2, -0.15) is 15.8 Å². The van der Waals surface area contributed by atoms with Crippen LogP contribution in [0.15, 0.2) is 35.9 Å². The summed E-state index contributed by atoms with van der Waals surface area (Å²) in [7, 11) is 0. The number of hydrogen-bond donors (Lipinski definition) is 1. The summed E-state index contributed by atoms with van der Waals surface area (Å²) in [5.74, 6) is -2.94. The summed E-state index contributed by atoms with van der Waals surface area (Å²) < 4.78 is 19.5. The molecule has 0 spiro atoms. The van der Waals surface area contributed by atoms with Crippen LogP contribution in [-0.2, 0) is 4.74 Å². The van der Waals surface area contributed by atoms with Gasteiger partial charge in [-0.3, -0.25) is 0 Å². The number of benzene rings is 1. The second kappa shape index (κ2) is 7.85. The zero-order valence-electron chi connectivity index (χ0n) is 17.5. The molecule has 31 heavy (non-hydrogen) atoms. The van der Waals surface area contributed by atoms with Crippen LogP contribution in [0.4, 0.5) is 9.18 Å². The molecule has 1 saturated carbocycles. The fraction of sp³-hybridized carbons (Fsp3) is 0.435. The molecular formula is C23H22FN5O2. The number of carbonyl (C=O) groups excluding carboxylic acids is 1. The summed E-state index contributed by atoms with van der Waals surface area (Å²) in [6.07, 6.45) is 1.04. The normalized spacial score (nSPS) is 24.7. The van der Waals surface area contributed by atoms with Crippen molar-refractivity contribution >= 4 is 11.8 Å². The van der Waals surface area contributed by atoms with Crippen molar-refractivity contribution in [3.8, 4) is 18.2 Å². The summed E-state index contributed by atoms with van der Waals surface area (Å²) in [5, 5.41) is 38.2. The molecule has 1 aromatic rings. The number of fused-ring (bicyclic) bond motifs is 1. The Morgan fingerprint density at radius 1 is 1.29 bits per heavy atom.